The highest BCUT2D eigenvalue weighted by molar-refractivity contribution is 5.83. The Kier molecular flexibility index (Phi) is 5.29. The van der Waals surface area contributed by atoms with Crippen molar-refractivity contribution in [1.29, 1.82) is 0 Å². The topological polar surface area (TPSA) is 57.6 Å². The first-order valence-electron chi connectivity index (χ1n) is 6.19. The average molecular weight is 227 g/mol. The molecule has 1 aliphatic rings. The van der Waals surface area contributed by atoms with Gasteiger partial charge in [-0.25, -0.2) is 4.79 Å². The lowest BCUT2D eigenvalue weighted by atomic mass is 10.1. The molecule has 16 heavy (non-hydrogen) atoms. The summed E-state index contributed by atoms with van der Waals surface area (Å²) in [5.41, 5.74) is 0. The number of unbranched alkanes of at least 4 members (excludes halogenated alkanes) is 1. The highest BCUT2D eigenvalue weighted by atomic mass is 16.4. The van der Waals surface area contributed by atoms with Crippen LogP contribution < -0.4 is 0 Å². The van der Waals surface area contributed by atoms with E-state index in [0.29, 0.717) is 19.4 Å². The van der Waals surface area contributed by atoms with Crippen molar-refractivity contribution >= 4 is 11.9 Å². The minimum atomic E-state index is -0.855. The van der Waals surface area contributed by atoms with Gasteiger partial charge in [0, 0.05) is 13.0 Å². The minimum Gasteiger partial charge on any atom is -0.480 e. The molecule has 0 bridgehead atoms. The molecular weight excluding hydrogens is 206 g/mol. The maximum atomic E-state index is 11.9. The Morgan fingerprint density at radius 3 is 2.69 bits per heavy atom. The zero-order valence-electron chi connectivity index (χ0n) is 9.95. The molecule has 4 nitrogen and oxygen atoms in total. The van der Waals surface area contributed by atoms with E-state index in [0.717, 1.165) is 32.1 Å². The van der Waals surface area contributed by atoms with Crippen molar-refractivity contribution in [3.05, 3.63) is 0 Å². The summed E-state index contributed by atoms with van der Waals surface area (Å²) in [6.07, 6.45) is 5.78. The highest BCUT2D eigenvalue weighted by Gasteiger charge is 2.29. The van der Waals surface area contributed by atoms with E-state index < -0.39 is 12.0 Å². The maximum absolute atomic E-state index is 11.9. The number of carboxylic acid groups (broad SMARTS) is 1. The lowest BCUT2D eigenvalue weighted by Crippen LogP contribution is -2.44. The van der Waals surface area contributed by atoms with Gasteiger partial charge in [-0.15, -0.1) is 0 Å². The van der Waals surface area contributed by atoms with Crippen LogP contribution in [0.25, 0.3) is 0 Å². The van der Waals surface area contributed by atoms with Crippen LogP contribution in [0.4, 0.5) is 0 Å². The molecule has 1 amide bonds. The lowest BCUT2D eigenvalue weighted by Gasteiger charge is -2.26. The monoisotopic (exact) mass is 227 g/mol. The molecule has 92 valence electrons. The predicted octanol–water partition coefficient (Wildman–Crippen LogP) is 2.03. The van der Waals surface area contributed by atoms with Crippen LogP contribution in [0.5, 0.6) is 0 Å². The van der Waals surface area contributed by atoms with Crippen LogP contribution in [-0.2, 0) is 9.59 Å². The van der Waals surface area contributed by atoms with Crippen LogP contribution in [-0.4, -0.2) is 34.5 Å². The van der Waals surface area contributed by atoms with Gasteiger partial charge in [-0.2, -0.15) is 0 Å². The van der Waals surface area contributed by atoms with Crippen molar-refractivity contribution in [2.45, 2.75) is 57.9 Å². The van der Waals surface area contributed by atoms with Gasteiger partial charge in [-0.3, -0.25) is 4.79 Å². The predicted molar refractivity (Wildman–Crippen MR) is 61.1 cm³/mol. The third-order valence-electron chi connectivity index (χ3n) is 3.10. The number of nitrogens with zero attached hydrogens (tertiary/aromatic N) is 1. The van der Waals surface area contributed by atoms with Crippen LogP contribution in [0, 0.1) is 0 Å². The van der Waals surface area contributed by atoms with Gasteiger partial charge in [0.2, 0.25) is 5.91 Å². The highest BCUT2D eigenvalue weighted by Crippen LogP contribution is 2.18. The standard InChI is InChI=1S/C12H21NO3/c1-2-3-8-11(14)13-9-6-4-5-7-10(13)12(15)16/h10H,2-9H2,1H3,(H,15,16). The molecule has 0 radical (unpaired) electrons. The summed E-state index contributed by atoms with van der Waals surface area (Å²) in [5.74, 6) is -0.845. The average Bonchev–Trinajstić information content (AvgIpc) is 2.50. The second kappa shape index (κ2) is 6.51. The molecule has 0 aromatic rings. The number of hydrogen-bond acceptors (Lipinski definition) is 2. The Labute approximate surface area is 96.6 Å². The lowest BCUT2D eigenvalue weighted by molar-refractivity contribution is -0.150. The number of rotatable bonds is 4. The van der Waals surface area contributed by atoms with Crippen LogP contribution in [0.1, 0.15) is 51.9 Å². The number of carbonyl (C=O) groups is 2. The zero-order valence-corrected chi connectivity index (χ0v) is 9.95. The van der Waals surface area contributed by atoms with E-state index >= 15 is 0 Å². The van der Waals surface area contributed by atoms with Gasteiger partial charge in [0.15, 0.2) is 0 Å². The van der Waals surface area contributed by atoms with Crippen molar-refractivity contribution in [1.82, 2.24) is 4.90 Å². The van der Waals surface area contributed by atoms with Gasteiger partial charge >= 0.3 is 5.97 Å². The molecule has 1 unspecified atom stereocenters. The van der Waals surface area contributed by atoms with E-state index in [2.05, 4.69) is 0 Å². The number of aliphatic carboxylic acids is 1. The first-order chi connectivity index (χ1) is 7.66. The van der Waals surface area contributed by atoms with Crippen LogP contribution >= 0.6 is 0 Å². The Morgan fingerprint density at radius 1 is 1.31 bits per heavy atom. The molecule has 0 aromatic carbocycles. The molecule has 0 aromatic heterocycles. The SMILES string of the molecule is CCCCC(=O)N1CCCCCC1C(=O)O. The van der Waals surface area contributed by atoms with E-state index in [4.69, 9.17) is 5.11 Å². The van der Waals surface area contributed by atoms with E-state index in [1.54, 1.807) is 4.90 Å². The molecule has 1 fully saturated rings. The molecule has 1 atom stereocenters. The van der Waals surface area contributed by atoms with Gasteiger partial charge in [-0.05, 0) is 19.3 Å². The van der Waals surface area contributed by atoms with Gasteiger partial charge in [-0.1, -0.05) is 26.2 Å². The fraction of sp³-hybridized carbons (Fsp3) is 0.833. The summed E-state index contributed by atoms with van der Waals surface area (Å²) in [6, 6.07) is -0.591. The first kappa shape index (κ1) is 13.0. The third kappa shape index (κ3) is 3.51. The first-order valence-corrected chi connectivity index (χ1v) is 6.19. The van der Waals surface area contributed by atoms with Gasteiger partial charge < -0.3 is 10.0 Å². The number of carbonyl (C=O) groups excluding carboxylic acids is 1. The molecule has 1 N–H and O–H groups in total. The Hall–Kier alpha value is -1.06. The van der Waals surface area contributed by atoms with E-state index in [-0.39, 0.29) is 5.91 Å². The summed E-state index contributed by atoms with van der Waals surface area (Å²) in [4.78, 5) is 24.6. The Morgan fingerprint density at radius 2 is 2.06 bits per heavy atom. The number of hydrogen-bond donors (Lipinski definition) is 1. The number of likely N-dealkylation sites (tertiary alicyclic amines) is 1. The maximum Gasteiger partial charge on any atom is 0.326 e. The second-order valence-electron chi connectivity index (χ2n) is 4.39. The van der Waals surface area contributed by atoms with Crippen molar-refractivity contribution < 1.29 is 14.7 Å². The van der Waals surface area contributed by atoms with E-state index in [1.165, 1.54) is 0 Å². The van der Waals surface area contributed by atoms with Crippen molar-refractivity contribution in [3.63, 3.8) is 0 Å². The summed E-state index contributed by atoms with van der Waals surface area (Å²) < 4.78 is 0. The molecule has 4 heteroatoms. The number of amides is 1. The van der Waals surface area contributed by atoms with Crippen LogP contribution in [0.3, 0.4) is 0 Å². The summed E-state index contributed by atoms with van der Waals surface area (Å²) >= 11 is 0. The fourth-order valence-corrected chi connectivity index (χ4v) is 2.14. The number of carboxylic acids is 1. The van der Waals surface area contributed by atoms with Gasteiger partial charge in [0.05, 0.1) is 0 Å². The molecule has 0 spiro atoms. The van der Waals surface area contributed by atoms with Crippen molar-refractivity contribution in [2.24, 2.45) is 0 Å². The van der Waals surface area contributed by atoms with Gasteiger partial charge in [0.25, 0.3) is 0 Å². The molecular formula is C12H21NO3. The van der Waals surface area contributed by atoms with E-state index in [1.807, 2.05) is 6.92 Å². The molecule has 1 aliphatic heterocycles. The third-order valence-corrected chi connectivity index (χ3v) is 3.10. The fourth-order valence-electron chi connectivity index (χ4n) is 2.14. The quantitative estimate of drug-likeness (QED) is 0.799. The molecule has 0 saturated carbocycles. The summed E-state index contributed by atoms with van der Waals surface area (Å²) in [7, 11) is 0. The molecule has 1 saturated heterocycles. The van der Waals surface area contributed by atoms with Crippen LogP contribution in [0.2, 0.25) is 0 Å². The molecule has 1 rings (SSSR count). The molecule has 1 heterocycles. The molecule has 0 aliphatic carbocycles. The zero-order chi connectivity index (χ0) is 12.0. The van der Waals surface area contributed by atoms with Gasteiger partial charge in [0.1, 0.15) is 6.04 Å². The van der Waals surface area contributed by atoms with Crippen molar-refractivity contribution in [2.75, 3.05) is 6.54 Å². The van der Waals surface area contributed by atoms with E-state index in [9.17, 15) is 9.59 Å². The largest absolute Gasteiger partial charge is 0.480 e. The minimum absolute atomic E-state index is 0.0103. The summed E-state index contributed by atoms with van der Waals surface area (Å²) in [6.45, 7) is 2.64. The second-order valence-corrected chi connectivity index (χ2v) is 4.39. The van der Waals surface area contributed by atoms with Crippen molar-refractivity contribution in [3.8, 4) is 0 Å². The Balaban J connectivity index is 2.63. The Bertz CT molecular complexity index is 253. The van der Waals surface area contributed by atoms with Crippen LogP contribution in [0.15, 0.2) is 0 Å². The normalized spacial score (nSPS) is 21.6. The summed E-state index contributed by atoms with van der Waals surface area (Å²) in [5, 5.41) is 9.11. The smallest absolute Gasteiger partial charge is 0.326 e.